The zero-order valence-electron chi connectivity index (χ0n) is 4.99. The molecule has 0 atom stereocenters. The van der Waals surface area contributed by atoms with Crippen LogP contribution in [-0.4, -0.2) is 24.2 Å². The number of halogens is 2. The number of piperidine rings is 1. The summed E-state index contributed by atoms with van der Waals surface area (Å²) in [7, 11) is 0. The van der Waals surface area contributed by atoms with E-state index in [2.05, 4.69) is 0 Å². The summed E-state index contributed by atoms with van der Waals surface area (Å²) in [6, 6.07) is 0. The third-order valence-electron chi connectivity index (χ3n) is 1.24. The molecule has 1 amide bonds. The fraction of sp³-hybridized carbons (Fsp3) is 0.600. The first-order valence-corrected chi connectivity index (χ1v) is 2.70. The molecule has 3 nitrogen and oxygen atoms in total. The SMILES string of the molecule is O=C1CC(=O)C(F)(F)CN1. The van der Waals surface area contributed by atoms with E-state index in [9.17, 15) is 18.4 Å². The van der Waals surface area contributed by atoms with Crippen LogP contribution in [0.1, 0.15) is 6.42 Å². The van der Waals surface area contributed by atoms with E-state index in [-0.39, 0.29) is 0 Å². The Balaban J connectivity index is 2.70. The molecule has 1 aliphatic heterocycles. The van der Waals surface area contributed by atoms with Crippen molar-refractivity contribution in [2.45, 2.75) is 12.3 Å². The van der Waals surface area contributed by atoms with E-state index in [1.807, 2.05) is 5.32 Å². The van der Waals surface area contributed by atoms with Gasteiger partial charge in [-0.2, -0.15) is 8.78 Å². The number of carbonyl (C=O) groups is 2. The van der Waals surface area contributed by atoms with Gasteiger partial charge in [-0.25, -0.2) is 0 Å². The second-order valence-electron chi connectivity index (χ2n) is 2.08. The van der Waals surface area contributed by atoms with Crippen LogP contribution < -0.4 is 5.32 Å². The van der Waals surface area contributed by atoms with Gasteiger partial charge >= 0.3 is 5.92 Å². The summed E-state index contributed by atoms with van der Waals surface area (Å²) in [5, 5.41) is 1.89. The van der Waals surface area contributed by atoms with E-state index in [0.29, 0.717) is 0 Å². The van der Waals surface area contributed by atoms with Gasteiger partial charge in [0.25, 0.3) is 0 Å². The van der Waals surface area contributed by atoms with Gasteiger partial charge in [-0.05, 0) is 0 Å². The number of alkyl halides is 2. The van der Waals surface area contributed by atoms with E-state index < -0.39 is 30.6 Å². The summed E-state index contributed by atoms with van der Waals surface area (Å²) < 4.78 is 24.4. The van der Waals surface area contributed by atoms with Crippen LogP contribution in [0.2, 0.25) is 0 Å². The summed E-state index contributed by atoms with van der Waals surface area (Å²) >= 11 is 0. The first-order valence-electron chi connectivity index (χ1n) is 2.70. The molecule has 0 aromatic rings. The van der Waals surface area contributed by atoms with E-state index in [1.54, 1.807) is 0 Å². The lowest BCUT2D eigenvalue weighted by molar-refractivity contribution is -0.151. The lowest BCUT2D eigenvalue weighted by Gasteiger charge is -2.19. The molecule has 0 aliphatic carbocycles. The van der Waals surface area contributed by atoms with Gasteiger partial charge in [0, 0.05) is 0 Å². The van der Waals surface area contributed by atoms with Gasteiger partial charge in [0.1, 0.15) is 0 Å². The van der Waals surface area contributed by atoms with E-state index in [0.717, 1.165) is 0 Å². The normalized spacial score (nSPS) is 24.2. The molecule has 0 aromatic carbocycles. The van der Waals surface area contributed by atoms with Gasteiger partial charge in [0.15, 0.2) is 0 Å². The molecular weight excluding hydrogens is 144 g/mol. The van der Waals surface area contributed by atoms with Gasteiger partial charge in [0.05, 0.1) is 13.0 Å². The van der Waals surface area contributed by atoms with Gasteiger partial charge in [-0.1, -0.05) is 0 Å². The molecule has 1 heterocycles. The molecular formula is C5H5F2NO2. The Hall–Kier alpha value is -1.00. The second-order valence-corrected chi connectivity index (χ2v) is 2.08. The maximum absolute atomic E-state index is 12.2. The fourth-order valence-corrected chi connectivity index (χ4v) is 0.646. The Labute approximate surface area is 55.4 Å². The van der Waals surface area contributed by atoms with Crippen molar-refractivity contribution in [3.63, 3.8) is 0 Å². The molecule has 1 aliphatic rings. The largest absolute Gasteiger partial charge is 0.349 e. The van der Waals surface area contributed by atoms with Gasteiger partial charge in [-0.15, -0.1) is 0 Å². The Kier molecular flexibility index (Phi) is 1.42. The molecule has 0 aromatic heterocycles. The third-order valence-corrected chi connectivity index (χ3v) is 1.24. The van der Waals surface area contributed by atoms with Crippen LogP contribution in [0.5, 0.6) is 0 Å². The summed E-state index contributed by atoms with van der Waals surface area (Å²) in [4.78, 5) is 20.6. The smallest absolute Gasteiger partial charge is 0.322 e. The number of Topliss-reactive ketones (excluding diaryl/α,β-unsaturated/α-hetero) is 1. The van der Waals surface area contributed by atoms with Crippen LogP contribution >= 0.6 is 0 Å². The highest BCUT2D eigenvalue weighted by Gasteiger charge is 2.42. The van der Waals surface area contributed by atoms with Crippen LogP contribution in [0.15, 0.2) is 0 Å². The minimum atomic E-state index is -3.35. The van der Waals surface area contributed by atoms with Crippen molar-refractivity contribution >= 4 is 11.7 Å². The number of hydrogen-bond donors (Lipinski definition) is 1. The Morgan fingerprint density at radius 3 is 2.40 bits per heavy atom. The summed E-state index contributed by atoms with van der Waals surface area (Å²) in [6.07, 6.45) is -0.701. The maximum atomic E-state index is 12.2. The Morgan fingerprint density at radius 1 is 1.40 bits per heavy atom. The minimum Gasteiger partial charge on any atom is -0.349 e. The van der Waals surface area contributed by atoms with Gasteiger partial charge in [-0.3, -0.25) is 9.59 Å². The van der Waals surface area contributed by atoms with Crippen molar-refractivity contribution in [3.8, 4) is 0 Å². The molecule has 1 fully saturated rings. The minimum absolute atomic E-state index is 0.629. The van der Waals surface area contributed by atoms with Crippen molar-refractivity contribution < 1.29 is 18.4 Å². The Morgan fingerprint density at radius 2 is 2.00 bits per heavy atom. The molecule has 1 saturated heterocycles. The third kappa shape index (κ3) is 1.12. The number of amides is 1. The van der Waals surface area contributed by atoms with Crippen molar-refractivity contribution in [3.05, 3.63) is 0 Å². The lowest BCUT2D eigenvalue weighted by atomic mass is 10.1. The first-order chi connectivity index (χ1) is 4.52. The van der Waals surface area contributed by atoms with E-state index in [4.69, 9.17) is 0 Å². The summed E-state index contributed by atoms with van der Waals surface area (Å²) in [5.74, 6) is -5.28. The number of ketones is 1. The van der Waals surface area contributed by atoms with Crippen LogP contribution in [0.3, 0.4) is 0 Å². The van der Waals surface area contributed by atoms with Crippen LogP contribution in [0, 0.1) is 0 Å². The zero-order valence-corrected chi connectivity index (χ0v) is 4.99. The second kappa shape index (κ2) is 2.00. The summed E-state index contributed by atoms with van der Waals surface area (Å²) in [5.41, 5.74) is 0. The molecule has 5 heteroatoms. The molecule has 0 saturated carbocycles. The highest BCUT2D eigenvalue weighted by atomic mass is 19.3. The molecule has 0 spiro atoms. The number of nitrogens with one attached hydrogen (secondary N) is 1. The van der Waals surface area contributed by atoms with Crippen molar-refractivity contribution in [2.24, 2.45) is 0 Å². The first kappa shape index (κ1) is 7.11. The predicted molar refractivity (Wildman–Crippen MR) is 27.6 cm³/mol. The average molecular weight is 149 g/mol. The molecule has 10 heavy (non-hydrogen) atoms. The number of hydrogen-bond acceptors (Lipinski definition) is 2. The van der Waals surface area contributed by atoms with E-state index in [1.165, 1.54) is 0 Å². The van der Waals surface area contributed by atoms with Crippen LogP contribution in [0.4, 0.5) is 8.78 Å². The molecule has 0 radical (unpaired) electrons. The topological polar surface area (TPSA) is 46.2 Å². The maximum Gasteiger partial charge on any atom is 0.322 e. The fourth-order valence-electron chi connectivity index (χ4n) is 0.646. The zero-order chi connectivity index (χ0) is 7.78. The molecule has 1 N–H and O–H groups in total. The van der Waals surface area contributed by atoms with E-state index >= 15 is 0 Å². The van der Waals surface area contributed by atoms with Crippen molar-refractivity contribution in [1.82, 2.24) is 5.32 Å². The van der Waals surface area contributed by atoms with Crippen LogP contribution in [-0.2, 0) is 9.59 Å². The van der Waals surface area contributed by atoms with Crippen molar-refractivity contribution in [2.75, 3.05) is 6.54 Å². The highest BCUT2D eigenvalue weighted by Crippen LogP contribution is 2.18. The highest BCUT2D eigenvalue weighted by molar-refractivity contribution is 6.03. The number of rotatable bonds is 0. The molecule has 56 valence electrons. The molecule has 0 bridgehead atoms. The predicted octanol–water partition coefficient (Wildman–Crippen LogP) is -0.289. The standard InChI is InChI=1S/C5H5F2NO2/c6-5(7)2-8-4(10)1-3(5)9/h1-2H2,(H,8,10). The lowest BCUT2D eigenvalue weighted by Crippen LogP contribution is -2.49. The van der Waals surface area contributed by atoms with Crippen molar-refractivity contribution in [1.29, 1.82) is 0 Å². The van der Waals surface area contributed by atoms with Gasteiger partial charge in [0.2, 0.25) is 11.7 Å². The average Bonchev–Trinajstić information content (AvgIpc) is 1.81. The quantitative estimate of drug-likeness (QED) is 0.481. The molecule has 0 unspecified atom stereocenters. The van der Waals surface area contributed by atoms with Crippen LogP contribution in [0.25, 0.3) is 0 Å². The monoisotopic (exact) mass is 149 g/mol. The number of carbonyl (C=O) groups excluding carboxylic acids is 2. The van der Waals surface area contributed by atoms with Gasteiger partial charge < -0.3 is 5.32 Å². The molecule has 1 rings (SSSR count). The Bertz CT molecular complexity index is 190. The summed E-state index contributed by atoms with van der Waals surface area (Å²) in [6.45, 7) is -0.856.